The van der Waals surface area contributed by atoms with Gasteiger partial charge in [0.1, 0.15) is 11.5 Å². The van der Waals surface area contributed by atoms with E-state index in [1.165, 1.54) is 4.90 Å². The number of rotatable bonds is 7. The molecule has 0 saturated carbocycles. The predicted octanol–water partition coefficient (Wildman–Crippen LogP) is 2.82. The monoisotopic (exact) mass is 362 g/mol. The smallest absolute Gasteiger partial charge is 0.260 e. The van der Waals surface area contributed by atoms with Crippen molar-refractivity contribution >= 4 is 29.1 Å². The normalized spacial score (nSPS) is 10.0. The third-order valence-corrected chi connectivity index (χ3v) is 3.59. The molecule has 0 radical (unpaired) electrons. The van der Waals surface area contributed by atoms with Gasteiger partial charge in [0.25, 0.3) is 5.91 Å². The standard InChI is InChI=1S/C18H19ClN2O4/c1-21(18(23)12-25-15-8-6-13(19)7-9-15)11-17(22)20-14-4-3-5-16(10-14)24-2/h3-10H,11-12H2,1-2H3,(H,20,22). The minimum Gasteiger partial charge on any atom is -0.497 e. The molecule has 0 spiro atoms. The van der Waals surface area contributed by atoms with Crippen LogP contribution in [-0.2, 0) is 9.59 Å². The van der Waals surface area contributed by atoms with Crippen LogP contribution < -0.4 is 14.8 Å². The van der Waals surface area contributed by atoms with E-state index < -0.39 is 0 Å². The highest BCUT2D eigenvalue weighted by Crippen LogP contribution is 2.17. The molecule has 7 heteroatoms. The van der Waals surface area contributed by atoms with Crippen LogP contribution in [0.3, 0.4) is 0 Å². The van der Waals surface area contributed by atoms with Crippen molar-refractivity contribution in [1.29, 1.82) is 0 Å². The van der Waals surface area contributed by atoms with Gasteiger partial charge < -0.3 is 19.7 Å². The molecule has 0 heterocycles. The fourth-order valence-corrected chi connectivity index (χ4v) is 2.12. The van der Waals surface area contributed by atoms with Gasteiger partial charge in [0, 0.05) is 23.8 Å². The van der Waals surface area contributed by atoms with E-state index in [2.05, 4.69) is 5.32 Å². The Bertz CT molecular complexity index is 734. The van der Waals surface area contributed by atoms with Crippen molar-refractivity contribution in [2.24, 2.45) is 0 Å². The van der Waals surface area contributed by atoms with Gasteiger partial charge in [0.2, 0.25) is 5.91 Å². The molecule has 2 rings (SSSR count). The van der Waals surface area contributed by atoms with E-state index in [4.69, 9.17) is 21.1 Å². The van der Waals surface area contributed by atoms with E-state index in [1.54, 1.807) is 62.7 Å². The van der Waals surface area contributed by atoms with Crippen LogP contribution in [0.25, 0.3) is 0 Å². The third-order valence-electron chi connectivity index (χ3n) is 3.34. The lowest BCUT2D eigenvalue weighted by Gasteiger charge is -2.17. The van der Waals surface area contributed by atoms with Crippen LogP contribution in [0.5, 0.6) is 11.5 Å². The van der Waals surface area contributed by atoms with E-state index in [0.29, 0.717) is 22.2 Å². The summed E-state index contributed by atoms with van der Waals surface area (Å²) in [5.74, 6) is 0.553. The van der Waals surface area contributed by atoms with Crippen LogP contribution in [0, 0.1) is 0 Å². The molecule has 0 saturated heterocycles. The lowest BCUT2D eigenvalue weighted by Crippen LogP contribution is -2.37. The molecule has 0 atom stereocenters. The first-order valence-corrected chi connectivity index (χ1v) is 7.92. The van der Waals surface area contributed by atoms with Gasteiger partial charge in [-0.1, -0.05) is 17.7 Å². The summed E-state index contributed by atoms with van der Waals surface area (Å²) in [5, 5.41) is 3.30. The molecule has 0 fully saturated rings. The number of carbonyl (C=O) groups excluding carboxylic acids is 2. The van der Waals surface area contributed by atoms with Crippen molar-refractivity contribution in [2.75, 3.05) is 32.6 Å². The highest BCUT2D eigenvalue weighted by atomic mass is 35.5. The summed E-state index contributed by atoms with van der Waals surface area (Å²) in [5.41, 5.74) is 0.600. The van der Waals surface area contributed by atoms with Crippen molar-refractivity contribution in [1.82, 2.24) is 4.90 Å². The molecule has 0 bridgehead atoms. The average Bonchev–Trinajstić information content (AvgIpc) is 2.61. The molecule has 0 aromatic heterocycles. The summed E-state index contributed by atoms with van der Waals surface area (Å²) >= 11 is 5.78. The fourth-order valence-electron chi connectivity index (χ4n) is 1.99. The van der Waals surface area contributed by atoms with Gasteiger partial charge in [-0.25, -0.2) is 0 Å². The van der Waals surface area contributed by atoms with Crippen LogP contribution in [0.1, 0.15) is 0 Å². The maximum atomic E-state index is 12.0. The Balaban J connectivity index is 1.81. The Hall–Kier alpha value is -2.73. The summed E-state index contributed by atoms with van der Waals surface area (Å²) in [7, 11) is 3.09. The summed E-state index contributed by atoms with van der Waals surface area (Å²) in [4.78, 5) is 25.4. The molecule has 0 aliphatic carbocycles. The van der Waals surface area contributed by atoms with Crippen LogP contribution in [-0.4, -0.2) is 44.0 Å². The van der Waals surface area contributed by atoms with Crippen molar-refractivity contribution in [2.45, 2.75) is 0 Å². The number of hydrogen-bond acceptors (Lipinski definition) is 4. The second-order valence-electron chi connectivity index (χ2n) is 5.27. The van der Waals surface area contributed by atoms with Gasteiger partial charge >= 0.3 is 0 Å². The quantitative estimate of drug-likeness (QED) is 0.822. The number of hydrogen-bond donors (Lipinski definition) is 1. The average molecular weight is 363 g/mol. The molecule has 0 aliphatic rings. The van der Waals surface area contributed by atoms with E-state index >= 15 is 0 Å². The zero-order chi connectivity index (χ0) is 18.2. The summed E-state index contributed by atoms with van der Waals surface area (Å²) < 4.78 is 10.5. The number of ether oxygens (including phenoxy) is 2. The van der Waals surface area contributed by atoms with E-state index in [9.17, 15) is 9.59 Å². The predicted molar refractivity (Wildman–Crippen MR) is 96.2 cm³/mol. The Labute approximate surface area is 151 Å². The van der Waals surface area contributed by atoms with E-state index in [1.807, 2.05) is 0 Å². The number of carbonyl (C=O) groups is 2. The van der Waals surface area contributed by atoms with Gasteiger partial charge in [0.15, 0.2) is 6.61 Å². The van der Waals surface area contributed by atoms with Crippen LogP contribution in [0.4, 0.5) is 5.69 Å². The highest BCUT2D eigenvalue weighted by molar-refractivity contribution is 6.30. The molecule has 2 amide bonds. The molecule has 25 heavy (non-hydrogen) atoms. The van der Waals surface area contributed by atoms with E-state index in [-0.39, 0.29) is 25.0 Å². The van der Waals surface area contributed by atoms with Gasteiger partial charge in [-0.2, -0.15) is 0 Å². The van der Waals surface area contributed by atoms with Crippen molar-refractivity contribution < 1.29 is 19.1 Å². The minimum atomic E-state index is -0.310. The summed E-state index contributed by atoms with van der Waals surface area (Å²) in [6.07, 6.45) is 0. The molecular weight excluding hydrogens is 344 g/mol. The van der Waals surface area contributed by atoms with Crippen molar-refractivity contribution in [3.05, 3.63) is 53.6 Å². The first kappa shape index (κ1) is 18.6. The Kier molecular flexibility index (Phi) is 6.65. The first-order valence-electron chi connectivity index (χ1n) is 7.54. The SMILES string of the molecule is COc1cccc(NC(=O)CN(C)C(=O)COc2ccc(Cl)cc2)c1. The number of halogens is 1. The Morgan fingerprint density at radius 2 is 1.84 bits per heavy atom. The summed E-state index contributed by atoms with van der Waals surface area (Å²) in [6.45, 7) is -0.245. The topological polar surface area (TPSA) is 67.9 Å². The van der Waals surface area contributed by atoms with Gasteiger partial charge in [-0.3, -0.25) is 9.59 Å². The minimum absolute atomic E-state index is 0.0833. The zero-order valence-electron chi connectivity index (χ0n) is 14.0. The number of anilines is 1. The van der Waals surface area contributed by atoms with Gasteiger partial charge in [-0.15, -0.1) is 0 Å². The number of nitrogens with zero attached hydrogens (tertiary/aromatic N) is 1. The Morgan fingerprint density at radius 3 is 2.52 bits per heavy atom. The lowest BCUT2D eigenvalue weighted by molar-refractivity contribution is -0.135. The van der Waals surface area contributed by atoms with Crippen LogP contribution >= 0.6 is 11.6 Å². The van der Waals surface area contributed by atoms with Crippen molar-refractivity contribution in [3.8, 4) is 11.5 Å². The molecule has 132 valence electrons. The number of nitrogens with one attached hydrogen (secondary N) is 1. The second kappa shape index (κ2) is 8.94. The van der Waals surface area contributed by atoms with E-state index in [0.717, 1.165) is 0 Å². The number of amides is 2. The maximum absolute atomic E-state index is 12.0. The fraction of sp³-hybridized carbons (Fsp3) is 0.222. The van der Waals surface area contributed by atoms with Gasteiger partial charge in [0.05, 0.1) is 13.7 Å². The van der Waals surface area contributed by atoms with Gasteiger partial charge in [-0.05, 0) is 36.4 Å². The first-order chi connectivity index (χ1) is 12.0. The van der Waals surface area contributed by atoms with Crippen molar-refractivity contribution in [3.63, 3.8) is 0 Å². The highest BCUT2D eigenvalue weighted by Gasteiger charge is 2.14. The maximum Gasteiger partial charge on any atom is 0.260 e. The molecule has 2 aromatic carbocycles. The molecule has 2 aromatic rings. The number of methoxy groups -OCH3 is 1. The molecule has 1 N–H and O–H groups in total. The lowest BCUT2D eigenvalue weighted by atomic mass is 10.3. The molecule has 6 nitrogen and oxygen atoms in total. The molecule has 0 aliphatic heterocycles. The third kappa shape index (κ3) is 6.00. The Morgan fingerprint density at radius 1 is 1.12 bits per heavy atom. The number of likely N-dealkylation sites (N-methyl/N-ethyl adjacent to an activating group) is 1. The molecular formula is C18H19ClN2O4. The summed E-state index contributed by atoms with van der Waals surface area (Å²) in [6, 6.07) is 13.7. The number of benzene rings is 2. The van der Waals surface area contributed by atoms with Crippen LogP contribution in [0.15, 0.2) is 48.5 Å². The molecule has 0 unspecified atom stereocenters. The zero-order valence-corrected chi connectivity index (χ0v) is 14.7. The largest absolute Gasteiger partial charge is 0.497 e. The van der Waals surface area contributed by atoms with Crippen LogP contribution in [0.2, 0.25) is 5.02 Å². The second-order valence-corrected chi connectivity index (χ2v) is 5.71.